The van der Waals surface area contributed by atoms with Gasteiger partial charge in [0.1, 0.15) is 0 Å². The van der Waals surface area contributed by atoms with Gasteiger partial charge in [-0.05, 0) is 18.6 Å². The number of pyridine rings is 1. The molecule has 2 aromatic heterocycles. The molecule has 2 aromatic rings. The van der Waals surface area contributed by atoms with Gasteiger partial charge in [0.2, 0.25) is 0 Å². The van der Waals surface area contributed by atoms with Crippen molar-refractivity contribution in [2.45, 2.75) is 6.92 Å². The van der Waals surface area contributed by atoms with E-state index in [4.69, 9.17) is 0 Å². The minimum absolute atomic E-state index is 0.637. The van der Waals surface area contributed by atoms with Crippen molar-refractivity contribution in [2.24, 2.45) is 0 Å². The number of H-pyrrole nitrogens is 1. The van der Waals surface area contributed by atoms with Crippen molar-refractivity contribution >= 4 is 17.2 Å². The van der Waals surface area contributed by atoms with Gasteiger partial charge in [0.05, 0.1) is 17.4 Å². The van der Waals surface area contributed by atoms with E-state index < -0.39 is 0 Å². The van der Waals surface area contributed by atoms with E-state index in [1.165, 1.54) is 0 Å². The number of nitrogens with zero attached hydrogens (tertiary/aromatic N) is 1. The largest absolute Gasteiger partial charge is 0.351 e. The summed E-state index contributed by atoms with van der Waals surface area (Å²) in [5.74, 6) is 0. The van der Waals surface area contributed by atoms with Crippen LogP contribution in [-0.2, 0) is 0 Å². The van der Waals surface area contributed by atoms with E-state index in [1.807, 2.05) is 13.0 Å². The molecule has 0 aliphatic rings. The number of aryl methyl sites for hydroxylation is 1. The van der Waals surface area contributed by atoms with Gasteiger partial charge in [-0.25, -0.2) is 0 Å². The zero-order valence-corrected chi connectivity index (χ0v) is 6.66. The Labute approximate surface area is 69.4 Å². The fraction of sp³-hybridized carbons (Fsp3) is 0.111. The second-order valence-electron chi connectivity index (χ2n) is 2.70. The number of nitrogens with one attached hydrogen (secondary N) is 1. The molecule has 0 amide bonds. The third-order valence-corrected chi connectivity index (χ3v) is 2.02. The summed E-state index contributed by atoms with van der Waals surface area (Å²) in [5, 5.41) is 1.06. The molecule has 0 aromatic carbocycles. The van der Waals surface area contributed by atoms with Crippen molar-refractivity contribution in [1.82, 2.24) is 9.97 Å². The van der Waals surface area contributed by atoms with Gasteiger partial charge in [-0.1, -0.05) is 0 Å². The number of aromatic amines is 1. The second-order valence-corrected chi connectivity index (χ2v) is 2.70. The number of hydrogen-bond donors (Lipinski definition) is 1. The molecule has 0 fully saturated rings. The number of hydrogen-bond acceptors (Lipinski definition) is 2. The summed E-state index contributed by atoms with van der Waals surface area (Å²) in [7, 11) is 0. The first-order chi connectivity index (χ1) is 5.83. The van der Waals surface area contributed by atoms with Crippen molar-refractivity contribution in [1.29, 1.82) is 0 Å². The van der Waals surface area contributed by atoms with Crippen LogP contribution >= 0.6 is 0 Å². The number of fused-ring (bicyclic) bond motifs is 1. The first kappa shape index (κ1) is 7.03. The van der Waals surface area contributed by atoms with Crippen LogP contribution in [-0.4, -0.2) is 16.3 Å². The quantitative estimate of drug-likeness (QED) is 0.645. The Balaban J connectivity index is 2.87. The molecule has 0 aliphatic carbocycles. The first-order valence-corrected chi connectivity index (χ1v) is 3.70. The highest BCUT2D eigenvalue weighted by Gasteiger charge is 2.04. The summed E-state index contributed by atoms with van der Waals surface area (Å²) in [6, 6.07) is 1.90. The molecular formula is C9H8N2O. The van der Waals surface area contributed by atoms with Crippen molar-refractivity contribution < 1.29 is 4.79 Å². The molecule has 3 nitrogen and oxygen atoms in total. The highest BCUT2D eigenvalue weighted by molar-refractivity contribution is 5.91. The van der Waals surface area contributed by atoms with Gasteiger partial charge >= 0.3 is 0 Å². The van der Waals surface area contributed by atoms with Crippen LogP contribution in [0.2, 0.25) is 0 Å². The SMILES string of the molecule is Cc1c(C=O)[nH]c2cnccc12. The summed E-state index contributed by atoms with van der Waals surface area (Å²) in [4.78, 5) is 17.5. The lowest BCUT2D eigenvalue weighted by Crippen LogP contribution is -1.80. The lowest BCUT2D eigenvalue weighted by molar-refractivity contribution is 0.111. The topological polar surface area (TPSA) is 45.8 Å². The lowest BCUT2D eigenvalue weighted by atomic mass is 10.2. The Morgan fingerprint density at radius 2 is 2.42 bits per heavy atom. The third-order valence-electron chi connectivity index (χ3n) is 2.02. The molecule has 12 heavy (non-hydrogen) atoms. The van der Waals surface area contributed by atoms with Crippen LogP contribution in [0.3, 0.4) is 0 Å². The summed E-state index contributed by atoms with van der Waals surface area (Å²) < 4.78 is 0. The number of carbonyl (C=O) groups excluding carboxylic acids is 1. The maximum Gasteiger partial charge on any atom is 0.166 e. The minimum Gasteiger partial charge on any atom is -0.351 e. The molecule has 0 aliphatic heterocycles. The smallest absolute Gasteiger partial charge is 0.166 e. The highest BCUT2D eigenvalue weighted by Crippen LogP contribution is 2.18. The van der Waals surface area contributed by atoms with E-state index >= 15 is 0 Å². The molecule has 2 heterocycles. The molecule has 0 unspecified atom stereocenters. The van der Waals surface area contributed by atoms with Gasteiger partial charge in [0.15, 0.2) is 6.29 Å². The van der Waals surface area contributed by atoms with E-state index in [1.54, 1.807) is 12.4 Å². The Morgan fingerprint density at radius 3 is 3.08 bits per heavy atom. The molecule has 0 spiro atoms. The fourth-order valence-electron chi connectivity index (χ4n) is 1.32. The maximum atomic E-state index is 10.5. The second kappa shape index (κ2) is 2.44. The van der Waals surface area contributed by atoms with Crippen LogP contribution in [0, 0.1) is 6.92 Å². The molecule has 0 atom stereocenters. The number of rotatable bonds is 1. The fourth-order valence-corrected chi connectivity index (χ4v) is 1.32. The predicted octanol–water partition coefficient (Wildman–Crippen LogP) is 1.68. The molecule has 1 N–H and O–H groups in total. The van der Waals surface area contributed by atoms with Crippen molar-refractivity contribution in [3.63, 3.8) is 0 Å². The third kappa shape index (κ3) is 0.830. The molecule has 60 valence electrons. The van der Waals surface area contributed by atoms with Crippen molar-refractivity contribution in [3.05, 3.63) is 29.7 Å². The summed E-state index contributed by atoms with van der Waals surface area (Å²) >= 11 is 0. The van der Waals surface area contributed by atoms with Crippen LogP contribution in [0.25, 0.3) is 10.9 Å². The standard InChI is InChI=1S/C9H8N2O/c1-6-7-2-3-10-4-8(7)11-9(6)5-12/h2-5,11H,1H3. The molecule has 0 saturated heterocycles. The Kier molecular flexibility index (Phi) is 1.43. The van der Waals surface area contributed by atoms with Crippen LogP contribution in [0.5, 0.6) is 0 Å². The first-order valence-electron chi connectivity index (χ1n) is 3.70. The molecule has 0 bridgehead atoms. The summed E-state index contributed by atoms with van der Waals surface area (Å²) in [6.07, 6.45) is 4.27. The van der Waals surface area contributed by atoms with Gasteiger partial charge in [0, 0.05) is 11.6 Å². The van der Waals surface area contributed by atoms with E-state index in [0.29, 0.717) is 5.69 Å². The monoisotopic (exact) mass is 160 g/mol. The molecule has 0 radical (unpaired) electrons. The number of carbonyl (C=O) groups is 1. The van der Waals surface area contributed by atoms with Gasteiger partial charge < -0.3 is 4.98 Å². The van der Waals surface area contributed by atoms with Gasteiger partial charge in [-0.15, -0.1) is 0 Å². The Hall–Kier alpha value is -1.64. The van der Waals surface area contributed by atoms with Crippen molar-refractivity contribution in [2.75, 3.05) is 0 Å². The summed E-state index contributed by atoms with van der Waals surface area (Å²) in [6.45, 7) is 1.92. The van der Waals surface area contributed by atoms with Gasteiger partial charge in [0.25, 0.3) is 0 Å². The summed E-state index contributed by atoms with van der Waals surface area (Å²) in [5.41, 5.74) is 2.54. The molecule has 2 rings (SSSR count). The normalized spacial score (nSPS) is 10.4. The predicted molar refractivity (Wildman–Crippen MR) is 46.2 cm³/mol. The van der Waals surface area contributed by atoms with Crippen molar-refractivity contribution in [3.8, 4) is 0 Å². The zero-order valence-electron chi connectivity index (χ0n) is 6.66. The Bertz CT molecular complexity index is 431. The van der Waals surface area contributed by atoms with Crippen LogP contribution < -0.4 is 0 Å². The minimum atomic E-state index is 0.637. The van der Waals surface area contributed by atoms with E-state index in [0.717, 1.165) is 22.8 Å². The molecular weight excluding hydrogens is 152 g/mol. The highest BCUT2D eigenvalue weighted by atomic mass is 16.1. The number of aldehydes is 1. The maximum absolute atomic E-state index is 10.5. The average Bonchev–Trinajstić information content (AvgIpc) is 2.44. The van der Waals surface area contributed by atoms with Gasteiger partial charge in [-0.2, -0.15) is 0 Å². The van der Waals surface area contributed by atoms with E-state index in [2.05, 4.69) is 9.97 Å². The van der Waals surface area contributed by atoms with Crippen LogP contribution in [0.15, 0.2) is 18.5 Å². The van der Waals surface area contributed by atoms with Crippen LogP contribution in [0.1, 0.15) is 16.1 Å². The zero-order chi connectivity index (χ0) is 8.55. The Morgan fingerprint density at radius 1 is 1.58 bits per heavy atom. The molecule has 3 heteroatoms. The van der Waals surface area contributed by atoms with Crippen LogP contribution in [0.4, 0.5) is 0 Å². The lowest BCUT2D eigenvalue weighted by Gasteiger charge is -1.87. The van der Waals surface area contributed by atoms with Gasteiger partial charge in [-0.3, -0.25) is 9.78 Å². The number of aromatic nitrogens is 2. The van der Waals surface area contributed by atoms with E-state index in [-0.39, 0.29) is 0 Å². The average molecular weight is 160 g/mol. The van der Waals surface area contributed by atoms with E-state index in [9.17, 15) is 4.79 Å². The molecule has 0 saturated carbocycles.